The lowest BCUT2D eigenvalue weighted by molar-refractivity contribution is 0.0697. The Labute approximate surface area is 145 Å². The van der Waals surface area contributed by atoms with Gasteiger partial charge < -0.3 is 15.7 Å². The quantitative estimate of drug-likeness (QED) is 0.645. The second kappa shape index (κ2) is 7.00. The standard InChI is InChI=1S/C19H18N4O2/c1-12-5-3-4-6-16(12)22-19-20-13(2)11-17(23-19)21-15-9-7-14(8-10-15)18(24)25/h3-11H,1-2H3,(H,24,25)(H2,20,21,22,23). The zero-order valence-electron chi connectivity index (χ0n) is 13.9. The summed E-state index contributed by atoms with van der Waals surface area (Å²) in [6.45, 7) is 3.91. The molecule has 0 aliphatic carbocycles. The van der Waals surface area contributed by atoms with Crippen molar-refractivity contribution in [1.82, 2.24) is 9.97 Å². The second-order valence-electron chi connectivity index (χ2n) is 5.67. The Kier molecular flexibility index (Phi) is 4.61. The average molecular weight is 334 g/mol. The number of aryl methyl sites for hydroxylation is 2. The van der Waals surface area contributed by atoms with Gasteiger partial charge in [-0.3, -0.25) is 0 Å². The fraction of sp³-hybridized carbons (Fsp3) is 0.105. The van der Waals surface area contributed by atoms with Gasteiger partial charge in [-0.2, -0.15) is 4.98 Å². The largest absolute Gasteiger partial charge is 0.478 e. The number of hydrogen-bond donors (Lipinski definition) is 3. The van der Waals surface area contributed by atoms with Crippen LogP contribution in [0.1, 0.15) is 21.6 Å². The van der Waals surface area contributed by atoms with Crippen molar-refractivity contribution in [1.29, 1.82) is 0 Å². The van der Waals surface area contributed by atoms with Gasteiger partial charge in [0.15, 0.2) is 0 Å². The Morgan fingerprint density at radius 1 is 0.960 bits per heavy atom. The van der Waals surface area contributed by atoms with E-state index in [0.29, 0.717) is 11.8 Å². The molecule has 0 radical (unpaired) electrons. The van der Waals surface area contributed by atoms with Gasteiger partial charge in [-0.1, -0.05) is 18.2 Å². The topological polar surface area (TPSA) is 87.1 Å². The smallest absolute Gasteiger partial charge is 0.335 e. The van der Waals surface area contributed by atoms with Gasteiger partial charge in [-0.25, -0.2) is 9.78 Å². The highest BCUT2D eigenvalue weighted by molar-refractivity contribution is 5.88. The molecule has 3 N–H and O–H groups in total. The van der Waals surface area contributed by atoms with Gasteiger partial charge in [0.2, 0.25) is 5.95 Å². The first-order valence-electron chi connectivity index (χ1n) is 7.80. The lowest BCUT2D eigenvalue weighted by Gasteiger charge is -2.11. The third-order valence-electron chi connectivity index (χ3n) is 3.65. The molecule has 0 saturated carbocycles. The van der Waals surface area contributed by atoms with Crippen molar-refractivity contribution in [2.75, 3.05) is 10.6 Å². The molecule has 2 aromatic carbocycles. The summed E-state index contributed by atoms with van der Waals surface area (Å²) in [7, 11) is 0. The van der Waals surface area contributed by atoms with Crippen molar-refractivity contribution in [3.8, 4) is 0 Å². The van der Waals surface area contributed by atoms with Crippen molar-refractivity contribution in [3.05, 3.63) is 71.4 Å². The normalized spacial score (nSPS) is 10.3. The highest BCUT2D eigenvalue weighted by Gasteiger charge is 2.06. The highest BCUT2D eigenvalue weighted by atomic mass is 16.4. The van der Waals surface area contributed by atoms with E-state index < -0.39 is 5.97 Å². The molecule has 6 heteroatoms. The molecule has 0 saturated heterocycles. The van der Waals surface area contributed by atoms with Crippen molar-refractivity contribution < 1.29 is 9.90 Å². The minimum absolute atomic E-state index is 0.242. The van der Waals surface area contributed by atoms with E-state index in [1.54, 1.807) is 24.3 Å². The van der Waals surface area contributed by atoms with Gasteiger partial charge in [0, 0.05) is 23.1 Å². The van der Waals surface area contributed by atoms with Crippen LogP contribution in [0.2, 0.25) is 0 Å². The summed E-state index contributed by atoms with van der Waals surface area (Å²) in [6.07, 6.45) is 0. The predicted molar refractivity (Wildman–Crippen MR) is 97.9 cm³/mol. The van der Waals surface area contributed by atoms with Gasteiger partial charge in [0.1, 0.15) is 5.82 Å². The Bertz CT molecular complexity index is 908. The van der Waals surface area contributed by atoms with E-state index in [0.717, 1.165) is 22.6 Å². The Morgan fingerprint density at radius 3 is 2.36 bits per heavy atom. The number of carboxylic acid groups (broad SMARTS) is 1. The highest BCUT2D eigenvalue weighted by Crippen LogP contribution is 2.21. The van der Waals surface area contributed by atoms with E-state index in [4.69, 9.17) is 5.11 Å². The first kappa shape index (κ1) is 16.4. The van der Waals surface area contributed by atoms with Crippen LogP contribution in [-0.2, 0) is 0 Å². The number of aromatic carboxylic acids is 1. The van der Waals surface area contributed by atoms with E-state index >= 15 is 0 Å². The number of hydrogen-bond acceptors (Lipinski definition) is 5. The molecule has 0 atom stereocenters. The number of rotatable bonds is 5. The minimum atomic E-state index is -0.950. The third-order valence-corrected chi connectivity index (χ3v) is 3.65. The lowest BCUT2D eigenvalue weighted by Crippen LogP contribution is -2.03. The van der Waals surface area contributed by atoms with E-state index in [1.807, 2.05) is 44.2 Å². The molecule has 6 nitrogen and oxygen atoms in total. The molecule has 126 valence electrons. The number of para-hydroxylation sites is 1. The molecule has 1 heterocycles. The van der Waals surface area contributed by atoms with Crippen LogP contribution in [0.4, 0.5) is 23.1 Å². The van der Waals surface area contributed by atoms with E-state index in [-0.39, 0.29) is 5.56 Å². The van der Waals surface area contributed by atoms with Crippen LogP contribution in [0, 0.1) is 13.8 Å². The summed E-state index contributed by atoms with van der Waals surface area (Å²) >= 11 is 0. The summed E-state index contributed by atoms with van der Waals surface area (Å²) in [5, 5.41) is 15.3. The third kappa shape index (κ3) is 4.11. The van der Waals surface area contributed by atoms with E-state index in [1.165, 1.54) is 0 Å². The first-order chi connectivity index (χ1) is 12.0. The van der Waals surface area contributed by atoms with Gasteiger partial charge in [-0.05, 0) is 49.7 Å². The minimum Gasteiger partial charge on any atom is -0.478 e. The molecule has 0 aliphatic rings. The maximum absolute atomic E-state index is 10.9. The monoisotopic (exact) mass is 334 g/mol. The fourth-order valence-electron chi connectivity index (χ4n) is 2.37. The van der Waals surface area contributed by atoms with Crippen LogP contribution >= 0.6 is 0 Å². The van der Waals surface area contributed by atoms with E-state index in [2.05, 4.69) is 20.6 Å². The molecule has 3 aromatic rings. The summed E-state index contributed by atoms with van der Waals surface area (Å²) in [5.41, 5.74) is 3.86. The molecule has 0 bridgehead atoms. The molecule has 0 spiro atoms. The molecule has 3 rings (SSSR count). The maximum Gasteiger partial charge on any atom is 0.335 e. The Balaban J connectivity index is 1.81. The van der Waals surface area contributed by atoms with Crippen LogP contribution in [0.5, 0.6) is 0 Å². The van der Waals surface area contributed by atoms with Gasteiger partial charge in [0.05, 0.1) is 5.56 Å². The number of benzene rings is 2. The summed E-state index contributed by atoms with van der Waals surface area (Å²) < 4.78 is 0. The molecular weight excluding hydrogens is 316 g/mol. The molecule has 1 aromatic heterocycles. The molecule has 0 amide bonds. The van der Waals surface area contributed by atoms with Crippen molar-refractivity contribution in [2.45, 2.75) is 13.8 Å². The average Bonchev–Trinajstić information content (AvgIpc) is 2.57. The molecule has 25 heavy (non-hydrogen) atoms. The summed E-state index contributed by atoms with van der Waals surface area (Å²) in [5.74, 6) is 0.180. The number of carbonyl (C=O) groups is 1. The molecule has 0 aliphatic heterocycles. The predicted octanol–water partition coefficient (Wildman–Crippen LogP) is 4.28. The molecular formula is C19H18N4O2. The van der Waals surface area contributed by atoms with Gasteiger partial charge in [-0.15, -0.1) is 0 Å². The SMILES string of the molecule is Cc1cc(Nc2ccc(C(=O)O)cc2)nc(Nc2ccccc2C)n1. The molecule has 0 unspecified atom stereocenters. The zero-order valence-corrected chi connectivity index (χ0v) is 13.9. The number of aromatic nitrogens is 2. The van der Waals surface area contributed by atoms with Crippen LogP contribution in [0.3, 0.4) is 0 Å². The van der Waals surface area contributed by atoms with Crippen molar-refractivity contribution in [3.63, 3.8) is 0 Å². The van der Waals surface area contributed by atoms with Crippen LogP contribution < -0.4 is 10.6 Å². The van der Waals surface area contributed by atoms with Crippen molar-refractivity contribution in [2.24, 2.45) is 0 Å². The zero-order chi connectivity index (χ0) is 17.8. The number of nitrogens with zero attached hydrogens (tertiary/aromatic N) is 2. The van der Waals surface area contributed by atoms with E-state index in [9.17, 15) is 4.79 Å². The van der Waals surface area contributed by atoms with Crippen LogP contribution in [0.25, 0.3) is 0 Å². The van der Waals surface area contributed by atoms with Crippen LogP contribution in [-0.4, -0.2) is 21.0 Å². The number of anilines is 4. The van der Waals surface area contributed by atoms with Crippen LogP contribution in [0.15, 0.2) is 54.6 Å². The van der Waals surface area contributed by atoms with Crippen molar-refractivity contribution >= 4 is 29.1 Å². The summed E-state index contributed by atoms with van der Waals surface area (Å²) in [6, 6.07) is 16.2. The van der Waals surface area contributed by atoms with Gasteiger partial charge in [0.25, 0.3) is 0 Å². The lowest BCUT2D eigenvalue weighted by atomic mass is 10.2. The first-order valence-corrected chi connectivity index (χ1v) is 7.80. The summed E-state index contributed by atoms with van der Waals surface area (Å²) in [4.78, 5) is 19.8. The Morgan fingerprint density at radius 2 is 1.68 bits per heavy atom. The number of carboxylic acids is 1. The number of nitrogens with one attached hydrogen (secondary N) is 2. The fourth-order valence-corrected chi connectivity index (χ4v) is 2.37. The Hall–Kier alpha value is -3.41. The molecule has 0 fully saturated rings. The maximum atomic E-state index is 10.9. The van der Waals surface area contributed by atoms with Gasteiger partial charge >= 0.3 is 5.97 Å². The second-order valence-corrected chi connectivity index (χ2v) is 5.67.